The molecule has 2 radical (unpaired) electrons. The fourth-order valence-electron chi connectivity index (χ4n) is 0.321. The van der Waals surface area contributed by atoms with Gasteiger partial charge in [-0.3, -0.25) is 0 Å². The third-order valence-corrected chi connectivity index (χ3v) is 0.556. The maximum atomic E-state index is 7.50. The first-order chi connectivity index (χ1) is 6.50. The quantitative estimate of drug-likeness (QED) is 0.460. The molecule has 1 aliphatic rings. The minimum Gasteiger partial charge on any atom is -0.0767 e. The van der Waals surface area contributed by atoms with Crippen molar-refractivity contribution in [2.45, 2.75) is 0 Å². The van der Waals surface area contributed by atoms with Gasteiger partial charge in [-0.1, -0.05) is 24.3 Å². The van der Waals surface area contributed by atoms with Crippen molar-refractivity contribution in [2.24, 2.45) is 0 Å². The van der Waals surface area contributed by atoms with Gasteiger partial charge in [0.05, 0.1) is 0 Å². The molecule has 0 heterocycles. The van der Waals surface area contributed by atoms with E-state index >= 15 is 0 Å². The fraction of sp³-hybridized carbons (Fsp3) is 0. The molecule has 5 heteroatoms. The largest absolute Gasteiger partial charge is 0.0767 e. The van der Waals surface area contributed by atoms with Gasteiger partial charge in [0.1, 0.15) is 0 Å². The first-order valence-electron chi connectivity index (χ1n) is 2.48. The molecule has 0 saturated carbocycles. The molecule has 0 aromatic rings. The fourth-order valence-corrected chi connectivity index (χ4v) is 0.321. The summed E-state index contributed by atoms with van der Waals surface area (Å²) in [5.74, 6) is 0. The predicted octanol–water partition coefficient (Wildman–Crippen LogP) is 1.16. The second kappa shape index (κ2) is 87.1. The number of rotatable bonds is 0. The van der Waals surface area contributed by atoms with Crippen LogP contribution < -0.4 is 0 Å². The van der Waals surface area contributed by atoms with Crippen molar-refractivity contribution >= 4 is 0 Å². The SMILES string of the molecule is [C-]#[O+].[C-]#[O+].[C-]#[O+].[C-]#[O+].[CH]1C=CC=C1.[Ta]. The summed E-state index contributed by atoms with van der Waals surface area (Å²) in [4.78, 5) is 0. The van der Waals surface area contributed by atoms with Crippen molar-refractivity contribution in [3.8, 4) is 0 Å². The minimum absolute atomic E-state index is 0. The van der Waals surface area contributed by atoms with E-state index in [1.165, 1.54) is 0 Å². The first-order valence-corrected chi connectivity index (χ1v) is 2.48. The molecule has 0 aromatic carbocycles. The van der Waals surface area contributed by atoms with Gasteiger partial charge >= 0.3 is 45.2 Å². The molecular formula is C9H5O4Ta. The molecule has 0 N–H and O–H groups in total. The van der Waals surface area contributed by atoms with Crippen LogP contribution in [0.1, 0.15) is 0 Å². The van der Waals surface area contributed by atoms with Gasteiger partial charge in [-0.25, -0.2) is 0 Å². The van der Waals surface area contributed by atoms with Crippen molar-refractivity contribution in [2.75, 3.05) is 0 Å². The van der Waals surface area contributed by atoms with Crippen molar-refractivity contribution in [1.29, 1.82) is 0 Å². The molecule has 0 atom stereocenters. The van der Waals surface area contributed by atoms with Crippen LogP contribution in [-0.4, -0.2) is 0 Å². The first kappa shape index (κ1) is 29.2. The average molecular weight is 358 g/mol. The van der Waals surface area contributed by atoms with E-state index in [9.17, 15) is 0 Å². The van der Waals surface area contributed by atoms with Gasteiger partial charge in [0, 0.05) is 28.8 Å². The molecule has 0 spiro atoms. The Balaban J connectivity index is -0.0000000267. The van der Waals surface area contributed by atoms with Crippen LogP contribution in [0.3, 0.4) is 0 Å². The van der Waals surface area contributed by atoms with Crippen molar-refractivity contribution in [3.63, 3.8) is 0 Å². The third kappa shape index (κ3) is 66.3. The third-order valence-electron chi connectivity index (χ3n) is 0.556. The van der Waals surface area contributed by atoms with Crippen LogP contribution in [0, 0.1) is 33.0 Å². The van der Waals surface area contributed by atoms with Gasteiger partial charge in [-0.15, -0.1) is 0 Å². The second-order valence-electron chi connectivity index (χ2n) is 0.962. The molecule has 1 rings (SSSR count). The topological polar surface area (TPSA) is 79.6 Å². The van der Waals surface area contributed by atoms with Gasteiger partial charge in [0.25, 0.3) is 0 Å². The molecular weight excluding hydrogens is 353 g/mol. The summed E-state index contributed by atoms with van der Waals surface area (Å²) >= 11 is 0. The smallest absolute Gasteiger partial charge is 0.00506 e. The molecule has 14 heavy (non-hydrogen) atoms. The van der Waals surface area contributed by atoms with Crippen molar-refractivity contribution in [3.05, 3.63) is 57.3 Å². The molecule has 70 valence electrons. The molecule has 0 bridgehead atoms. The normalized spacial score (nSPS) is 6.86. The molecule has 0 saturated heterocycles. The molecule has 0 amide bonds. The van der Waals surface area contributed by atoms with Crippen LogP contribution in [0.15, 0.2) is 24.3 Å². The van der Waals surface area contributed by atoms with Crippen LogP contribution >= 0.6 is 0 Å². The maximum absolute atomic E-state index is 7.50. The molecule has 4 nitrogen and oxygen atoms in total. The maximum Gasteiger partial charge on any atom is 0.00506 e. The molecule has 0 fully saturated rings. The Bertz CT molecular complexity index is 164. The summed E-state index contributed by atoms with van der Waals surface area (Å²) in [6.45, 7) is 18.0. The summed E-state index contributed by atoms with van der Waals surface area (Å²) in [5.41, 5.74) is 0. The Kier molecular flexibility index (Phi) is 182. The Hall–Kier alpha value is -0.820. The number of hydrogen-bond acceptors (Lipinski definition) is 0. The predicted molar refractivity (Wildman–Crippen MR) is 38.3 cm³/mol. The van der Waals surface area contributed by atoms with Gasteiger partial charge < -0.3 is 0 Å². The van der Waals surface area contributed by atoms with E-state index in [1.807, 2.05) is 30.7 Å². The van der Waals surface area contributed by atoms with E-state index in [-0.39, 0.29) is 22.4 Å². The number of hydrogen-bond donors (Lipinski definition) is 0. The van der Waals surface area contributed by atoms with E-state index < -0.39 is 0 Å². The van der Waals surface area contributed by atoms with E-state index in [2.05, 4.69) is 26.6 Å². The summed E-state index contributed by atoms with van der Waals surface area (Å²) in [6.07, 6.45) is 10.0. The molecule has 0 unspecified atom stereocenters. The molecule has 0 aromatic heterocycles. The van der Waals surface area contributed by atoms with Crippen LogP contribution in [0.2, 0.25) is 0 Å². The number of allylic oxidation sites excluding steroid dienone is 4. The summed E-state index contributed by atoms with van der Waals surface area (Å²) in [7, 11) is 0. The second-order valence-corrected chi connectivity index (χ2v) is 0.962. The van der Waals surface area contributed by atoms with E-state index in [0.717, 1.165) is 0 Å². The summed E-state index contributed by atoms with van der Waals surface area (Å²) < 4.78 is 30.0. The molecule has 0 aliphatic heterocycles. The van der Waals surface area contributed by atoms with E-state index in [0.29, 0.717) is 0 Å². The minimum atomic E-state index is 0. The van der Waals surface area contributed by atoms with E-state index in [4.69, 9.17) is 18.6 Å². The Morgan fingerprint density at radius 3 is 0.786 bits per heavy atom. The van der Waals surface area contributed by atoms with Gasteiger partial charge in [0.2, 0.25) is 0 Å². The summed E-state index contributed by atoms with van der Waals surface area (Å²) in [6, 6.07) is 0. The molecule has 1 aliphatic carbocycles. The van der Waals surface area contributed by atoms with Crippen LogP contribution in [0.25, 0.3) is 0 Å². The average Bonchev–Trinajstić information content (AvgIpc) is 2.87. The van der Waals surface area contributed by atoms with Crippen LogP contribution in [0.5, 0.6) is 0 Å². The van der Waals surface area contributed by atoms with Crippen LogP contribution in [0.4, 0.5) is 0 Å². The Morgan fingerprint density at radius 2 is 0.714 bits per heavy atom. The van der Waals surface area contributed by atoms with E-state index in [1.54, 1.807) is 0 Å². The Labute approximate surface area is 98.5 Å². The zero-order chi connectivity index (χ0) is 11.5. The zero-order valence-corrected chi connectivity index (χ0v) is 10.2. The van der Waals surface area contributed by atoms with Crippen molar-refractivity contribution < 1.29 is 41.0 Å². The zero-order valence-electron chi connectivity index (χ0n) is 6.97. The Morgan fingerprint density at radius 1 is 0.500 bits per heavy atom. The monoisotopic (exact) mass is 358 g/mol. The standard InChI is InChI=1S/C5H5.4CO.Ta/c1-2-4-5-3-1;4*1-2;/h1-5H;;;;;. The van der Waals surface area contributed by atoms with Crippen molar-refractivity contribution in [1.82, 2.24) is 0 Å². The summed E-state index contributed by atoms with van der Waals surface area (Å²) in [5, 5.41) is 0. The van der Waals surface area contributed by atoms with Gasteiger partial charge in [-0.05, 0) is 0 Å². The van der Waals surface area contributed by atoms with Gasteiger partial charge in [-0.2, -0.15) is 0 Å². The van der Waals surface area contributed by atoms with Crippen LogP contribution in [-0.2, 0) is 41.0 Å². The van der Waals surface area contributed by atoms with Gasteiger partial charge in [0.15, 0.2) is 0 Å².